The topological polar surface area (TPSA) is 74.3 Å². The average molecular weight is 392 g/mol. The number of imidazole rings is 1. The molecule has 1 fully saturated rings. The van der Waals surface area contributed by atoms with Gasteiger partial charge in [-0.1, -0.05) is 23.9 Å². The molecule has 0 spiro atoms. The zero-order chi connectivity index (χ0) is 19.4. The third-order valence-electron chi connectivity index (χ3n) is 5.31. The monoisotopic (exact) mass is 391 g/mol. The summed E-state index contributed by atoms with van der Waals surface area (Å²) in [5.74, 6) is 4.22. The molecule has 5 rings (SSSR count). The Bertz CT molecular complexity index is 1190. The molecule has 28 heavy (non-hydrogen) atoms. The van der Waals surface area contributed by atoms with E-state index in [1.807, 2.05) is 32.2 Å². The Morgan fingerprint density at radius 1 is 1.04 bits per heavy atom. The lowest BCUT2D eigenvalue weighted by Crippen LogP contribution is -2.06. The number of thioether (sulfide) groups is 1. The fourth-order valence-electron chi connectivity index (χ4n) is 3.86. The minimum absolute atomic E-state index is 0.355. The Kier molecular flexibility index (Phi) is 3.97. The molecule has 8 heteroatoms. The molecule has 3 aromatic heterocycles. The van der Waals surface area contributed by atoms with Crippen molar-refractivity contribution >= 4 is 22.8 Å². The summed E-state index contributed by atoms with van der Waals surface area (Å²) in [6.07, 6.45) is 3.05. The van der Waals surface area contributed by atoms with Crippen LogP contribution in [0.3, 0.4) is 0 Å². The van der Waals surface area contributed by atoms with E-state index in [4.69, 9.17) is 9.97 Å². The van der Waals surface area contributed by atoms with Crippen molar-refractivity contribution in [2.45, 2.75) is 37.3 Å². The van der Waals surface area contributed by atoms with Crippen LogP contribution in [-0.2, 0) is 7.05 Å². The van der Waals surface area contributed by atoms with Gasteiger partial charge < -0.3 is 4.57 Å². The fourth-order valence-corrected chi connectivity index (χ4v) is 4.24. The highest BCUT2D eigenvalue weighted by molar-refractivity contribution is 7.98. The normalized spacial score (nSPS) is 18.7. The van der Waals surface area contributed by atoms with Crippen molar-refractivity contribution < 1.29 is 0 Å². The van der Waals surface area contributed by atoms with Crippen LogP contribution in [0.1, 0.15) is 41.4 Å². The second kappa shape index (κ2) is 6.41. The molecular formula is C20H21N7S. The molecule has 0 bridgehead atoms. The van der Waals surface area contributed by atoms with Crippen LogP contribution in [0.4, 0.5) is 0 Å². The Morgan fingerprint density at radius 2 is 1.86 bits per heavy atom. The van der Waals surface area contributed by atoms with Crippen molar-refractivity contribution in [3.05, 3.63) is 53.5 Å². The van der Waals surface area contributed by atoms with Crippen LogP contribution in [0.2, 0.25) is 0 Å². The Labute approximate surface area is 167 Å². The SMILES string of the molecule is CSc1nc([C@@H]2CC2c2nc3ccccc3n2C)cc(-n2nc(C)nc2C)n1. The summed E-state index contributed by atoms with van der Waals surface area (Å²) in [6, 6.07) is 10.3. The number of fused-ring (bicyclic) bond motifs is 1. The highest BCUT2D eigenvalue weighted by Crippen LogP contribution is 2.54. The molecule has 1 aliphatic carbocycles. The largest absolute Gasteiger partial charge is 0.331 e. The van der Waals surface area contributed by atoms with Gasteiger partial charge in [-0.25, -0.2) is 19.9 Å². The molecule has 0 radical (unpaired) electrons. The van der Waals surface area contributed by atoms with Crippen LogP contribution in [-0.4, -0.2) is 40.5 Å². The predicted molar refractivity (Wildman–Crippen MR) is 109 cm³/mol. The Morgan fingerprint density at radius 3 is 2.57 bits per heavy atom. The molecule has 0 amide bonds. The Balaban J connectivity index is 1.52. The van der Waals surface area contributed by atoms with E-state index in [0.29, 0.717) is 11.8 Å². The van der Waals surface area contributed by atoms with Crippen LogP contribution in [0, 0.1) is 13.8 Å². The number of rotatable bonds is 4. The molecule has 1 aliphatic rings. The first kappa shape index (κ1) is 17.4. The lowest BCUT2D eigenvalue weighted by molar-refractivity contribution is 0.750. The Hall–Kier alpha value is -2.74. The van der Waals surface area contributed by atoms with Crippen molar-refractivity contribution in [3.63, 3.8) is 0 Å². The number of para-hydroxylation sites is 2. The number of nitrogens with zero attached hydrogens (tertiary/aromatic N) is 7. The van der Waals surface area contributed by atoms with E-state index in [-0.39, 0.29) is 0 Å². The van der Waals surface area contributed by atoms with E-state index in [2.05, 4.69) is 44.9 Å². The summed E-state index contributed by atoms with van der Waals surface area (Å²) < 4.78 is 4.01. The molecule has 3 heterocycles. The molecule has 2 atom stereocenters. The van der Waals surface area contributed by atoms with Gasteiger partial charge in [0.15, 0.2) is 11.0 Å². The number of benzene rings is 1. The molecule has 0 aliphatic heterocycles. The third-order valence-corrected chi connectivity index (χ3v) is 5.86. The van der Waals surface area contributed by atoms with Crippen LogP contribution >= 0.6 is 11.8 Å². The van der Waals surface area contributed by atoms with Gasteiger partial charge >= 0.3 is 0 Å². The molecule has 142 valence electrons. The highest BCUT2D eigenvalue weighted by atomic mass is 32.2. The number of aromatic nitrogens is 7. The summed E-state index contributed by atoms with van der Waals surface area (Å²) in [7, 11) is 2.10. The van der Waals surface area contributed by atoms with Crippen LogP contribution < -0.4 is 0 Å². The van der Waals surface area contributed by atoms with E-state index in [1.54, 1.807) is 16.4 Å². The van der Waals surface area contributed by atoms with Gasteiger partial charge in [0.25, 0.3) is 0 Å². The summed E-state index contributed by atoms with van der Waals surface area (Å²) in [4.78, 5) is 18.7. The molecule has 0 saturated heterocycles. The first-order valence-electron chi connectivity index (χ1n) is 9.30. The second-order valence-electron chi connectivity index (χ2n) is 7.22. The van der Waals surface area contributed by atoms with E-state index in [9.17, 15) is 0 Å². The lowest BCUT2D eigenvalue weighted by atomic mass is 10.2. The van der Waals surface area contributed by atoms with Crippen LogP contribution in [0.25, 0.3) is 16.9 Å². The fraction of sp³-hybridized carbons (Fsp3) is 0.350. The molecule has 4 aromatic rings. The molecule has 1 aromatic carbocycles. The third kappa shape index (κ3) is 2.79. The van der Waals surface area contributed by atoms with E-state index in [0.717, 1.165) is 46.1 Å². The molecule has 0 N–H and O–H groups in total. The van der Waals surface area contributed by atoms with Crippen molar-refractivity contribution in [2.75, 3.05) is 6.26 Å². The molecule has 1 saturated carbocycles. The van der Waals surface area contributed by atoms with Crippen molar-refractivity contribution in [2.24, 2.45) is 7.05 Å². The standard InChI is InChI=1S/C20H21N7S/c1-11-21-12(2)27(25-11)18-10-16(23-20(24-18)28-4)13-9-14(13)19-22-15-7-5-6-8-17(15)26(19)3/h5-8,10,13-14H,9H2,1-4H3/t13-,14?/m1/s1. The average Bonchev–Trinajstić information content (AvgIpc) is 3.33. The van der Waals surface area contributed by atoms with E-state index >= 15 is 0 Å². The first-order valence-corrected chi connectivity index (χ1v) is 10.5. The van der Waals surface area contributed by atoms with Gasteiger partial charge in [0, 0.05) is 24.9 Å². The van der Waals surface area contributed by atoms with Gasteiger partial charge in [-0.05, 0) is 38.7 Å². The number of hydrogen-bond acceptors (Lipinski definition) is 6. The van der Waals surface area contributed by atoms with Gasteiger partial charge in [-0.2, -0.15) is 4.68 Å². The summed E-state index contributed by atoms with van der Waals surface area (Å²) in [5, 5.41) is 5.25. The maximum atomic E-state index is 4.88. The first-order chi connectivity index (χ1) is 13.5. The molecular weight excluding hydrogens is 370 g/mol. The van der Waals surface area contributed by atoms with Gasteiger partial charge in [-0.3, -0.25) is 0 Å². The lowest BCUT2D eigenvalue weighted by Gasteiger charge is -2.08. The summed E-state index contributed by atoms with van der Waals surface area (Å²) in [6.45, 7) is 3.84. The zero-order valence-corrected chi connectivity index (χ0v) is 17.1. The van der Waals surface area contributed by atoms with Gasteiger partial charge in [-0.15, -0.1) is 5.10 Å². The second-order valence-corrected chi connectivity index (χ2v) is 8.00. The number of aryl methyl sites for hydroxylation is 3. The minimum atomic E-state index is 0.355. The van der Waals surface area contributed by atoms with Crippen molar-refractivity contribution in [1.29, 1.82) is 0 Å². The van der Waals surface area contributed by atoms with Crippen molar-refractivity contribution in [3.8, 4) is 5.82 Å². The molecule has 7 nitrogen and oxygen atoms in total. The predicted octanol–water partition coefficient (Wildman–Crippen LogP) is 3.55. The minimum Gasteiger partial charge on any atom is -0.331 e. The smallest absolute Gasteiger partial charge is 0.189 e. The van der Waals surface area contributed by atoms with E-state index < -0.39 is 0 Å². The number of hydrogen-bond donors (Lipinski definition) is 0. The maximum absolute atomic E-state index is 4.88. The maximum Gasteiger partial charge on any atom is 0.189 e. The van der Waals surface area contributed by atoms with Crippen LogP contribution in [0.15, 0.2) is 35.5 Å². The summed E-state index contributed by atoms with van der Waals surface area (Å²) >= 11 is 1.55. The van der Waals surface area contributed by atoms with Gasteiger partial charge in [0.1, 0.15) is 17.5 Å². The summed E-state index contributed by atoms with van der Waals surface area (Å²) in [5.41, 5.74) is 3.27. The quantitative estimate of drug-likeness (QED) is 0.391. The zero-order valence-electron chi connectivity index (χ0n) is 16.3. The van der Waals surface area contributed by atoms with Gasteiger partial charge in [0.2, 0.25) is 0 Å². The van der Waals surface area contributed by atoms with Crippen molar-refractivity contribution in [1.82, 2.24) is 34.3 Å². The van der Waals surface area contributed by atoms with E-state index in [1.165, 1.54) is 5.52 Å². The highest BCUT2D eigenvalue weighted by Gasteiger charge is 2.44. The van der Waals surface area contributed by atoms with Gasteiger partial charge in [0.05, 0.1) is 16.7 Å². The molecule has 1 unspecified atom stereocenters. The van der Waals surface area contributed by atoms with Crippen LogP contribution in [0.5, 0.6) is 0 Å².